The van der Waals surface area contributed by atoms with Gasteiger partial charge in [-0.3, -0.25) is 9.59 Å². The molecule has 1 amide bonds. The van der Waals surface area contributed by atoms with E-state index in [0.29, 0.717) is 31.5 Å². The number of aromatic nitrogens is 2. The van der Waals surface area contributed by atoms with Gasteiger partial charge in [-0.1, -0.05) is 26.8 Å². The predicted octanol–water partition coefficient (Wildman–Crippen LogP) is 1.95. The summed E-state index contributed by atoms with van der Waals surface area (Å²) in [6.07, 6.45) is 2.95. The number of aliphatic carboxylic acids is 1. The fraction of sp³-hybridized carbons (Fsp3) is 0.556. The van der Waals surface area contributed by atoms with E-state index < -0.39 is 23.0 Å². The van der Waals surface area contributed by atoms with Gasteiger partial charge in [0.25, 0.3) is 5.91 Å². The van der Waals surface area contributed by atoms with Crippen LogP contribution in [-0.4, -0.2) is 44.9 Å². The van der Waals surface area contributed by atoms with Crippen LogP contribution in [0.5, 0.6) is 0 Å². The van der Waals surface area contributed by atoms with Gasteiger partial charge in [-0.2, -0.15) is 4.98 Å². The number of amides is 1. The van der Waals surface area contributed by atoms with Crippen molar-refractivity contribution in [3.8, 4) is 0 Å². The molecule has 25 heavy (non-hydrogen) atoms. The average Bonchev–Trinajstić information content (AvgIpc) is 2.53. The van der Waals surface area contributed by atoms with Crippen LogP contribution in [0.25, 0.3) is 0 Å². The van der Waals surface area contributed by atoms with Crippen LogP contribution >= 0.6 is 0 Å². The zero-order valence-corrected chi connectivity index (χ0v) is 15.0. The Morgan fingerprint density at radius 3 is 2.72 bits per heavy atom. The second kappa shape index (κ2) is 6.82. The van der Waals surface area contributed by atoms with Crippen molar-refractivity contribution in [1.29, 1.82) is 0 Å². The number of allylic oxidation sites excluding steroid dienone is 1. The molecule has 0 radical (unpaired) electrons. The standard InChI is InChI=1S/C18H25N3O4/c1-5-7-18(15(23)24)8-6-9-21(11-18)14(22)12-10-13(17(2,3)4)20-16(25)19-12/h5,10H,1,6-9,11H2,2-4H3,(H,23,24)(H,19,20,25). The van der Waals surface area contributed by atoms with Crippen molar-refractivity contribution >= 4 is 11.9 Å². The van der Waals surface area contributed by atoms with Gasteiger partial charge in [0.2, 0.25) is 0 Å². The summed E-state index contributed by atoms with van der Waals surface area (Å²) < 4.78 is 0. The molecule has 136 valence electrons. The Kier molecular flexibility index (Phi) is 5.15. The Morgan fingerprint density at radius 2 is 2.16 bits per heavy atom. The van der Waals surface area contributed by atoms with Gasteiger partial charge in [-0.05, 0) is 25.3 Å². The maximum absolute atomic E-state index is 12.8. The van der Waals surface area contributed by atoms with E-state index in [4.69, 9.17) is 0 Å². The Hall–Kier alpha value is -2.44. The van der Waals surface area contributed by atoms with E-state index in [1.165, 1.54) is 4.90 Å². The van der Waals surface area contributed by atoms with Gasteiger partial charge in [0.05, 0.1) is 5.41 Å². The highest BCUT2D eigenvalue weighted by Gasteiger charge is 2.43. The number of hydrogen-bond donors (Lipinski definition) is 2. The fourth-order valence-electron chi connectivity index (χ4n) is 3.14. The van der Waals surface area contributed by atoms with Gasteiger partial charge in [-0.15, -0.1) is 6.58 Å². The van der Waals surface area contributed by atoms with Crippen molar-refractivity contribution in [2.75, 3.05) is 13.1 Å². The number of piperidine rings is 1. The number of aromatic amines is 1. The third-order valence-electron chi connectivity index (χ3n) is 4.62. The Labute approximate surface area is 146 Å². The van der Waals surface area contributed by atoms with Gasteiger partial charge in [0, 0.05) is 24.2 Å². The first-order valence-electron chi connectivity index (χ1n) is 8.34. The number of likely N-dealkylation sites (tertiary alicyclic amines) is 1. The minimum Gasteiger partial charge on any atom is -0.481 e. The van der Waals surface area contributed by atoms with Crippen molar-refractivity contribution in [3.63, 3.8) is 0 Å². The predicted molar refractivity (Wildman–Crippen MR) is 93.6 cm³/mol. The summed E-state index contributed by atoms with van der Waals surface area (Å²) in [5, 5.41) is 9.63. The summed E-state index contributed by atoms with van der Waals surface area (Å²) in [6.45, 7) is 9.95. The quantitative estimate of drug-likeness (QED) is 0.810. The van der Waals surface area contributed by atoms with Crippen LogP contribution in [0.4, 0.5) is 0 Å². The maximum atomic E-state index is 12.8. The second-order valence-electron chi connectivity index (χ2n) is 7.64. The minimum absolute atomic E-state index is 0.0495. The zero-order chi connectivity index (χ0) is 18.8. The number of carboxylic acids is 1. The van der Waals surface area contributed by atoms with Crippen LogP contribution in [-0.2, 0) is 10.2 Å². The van der Waals surface area contributed by atoms with E-state index in [1.54, 1.807) is 12.1 Å². The van der Waals surface area contributed by atoms with Gasteiger partial charge in [0.1, 0.15) is 5.69 Å². The molecule has 7 heteroatoms. The molecule has 1 atom stereocenters. The summed E-state index contributed by atoms with van der Waals surface area (Å²) in [5.74, 6) is -1.34. The molecule has 0 saturated carbocycles. The topological polar surface area (TPSA) is 103 Å². The molecule has 0 bridgehead atoms. The number of nitrogens with zero attached hydrogens (tertiary/aromatic N) is 2. The van der Waals surface area contributed by atoms with E-state index in [0.717, 1.165) is 0 Å². The lowest BCUT2D eigenvalue weighted by atomic mass is 9.77. The molecule has 1 aromatic heterocycles. The molecule has 2 N–H and O–H groups in total. The first-order valence-corrected chi connectivity index (χ1v) is 8.34. The Balaban J connectivity index is 2.34. The molecule has 1 unspecified atom stereocenters. The van der Waals surface area contributed by atoms with E-state index in [-0.39, 0.29) is 17.7 Å². The molecular weight excluding hydrogens is 322 g/mol. The third-order valence-corrected chi connectivity index (χ3v) is 4.62. The molecule has 1 fully saturated rings. The first kappa shape index (κ1) is 18.9. The summed E-state index contributed by atoms with van der Waals surface area (Å²) >= 11 is 0. The lowest BCUT2D eigenvalue weighted by Gasteiger charge is -2.39. The summed E-state index contributed by atoms with van der Waals surface area (Å²) in [4.78, 5) is 44.4. The SMILES string of the molecule is C=CCC1(C(=O)O)CCCN(C(=O)c2cc(C(C)(C)C)[nH]c(=O)n2)C1. The van der Waals surface area contributed by atoms with Crippen LogP contribution in [0.1, 0.15) is 56.2 Å². The highest BCUT2D eigenvalue weighted by Crippen LogP contribution is 2.34. The molecule has 0 aliphatic carbocycles. The van der Waals surface area contributed by atoms with Gasteiger partial charge >= 0.3 is 11.7 Å². The number of carbonyl (C=O) groups is 2. The lowest BCUT2D eigenvalue weighted by molar-refractivity contribution is -0.151. The summed E-state index contributed by atoms with van der Waals surface area (Å²) in [6, 6.07) is 1.58. The molecule has 0 spiro atoms. The van der Waals surface area contributed by atoms with Crippen molar-refractivity contribution in [2.24, 2.45) is 5.41 Å². The summed E-state index contributed by atoms with van der Waals surface area (Å²) in [5.41, 5.74) is -1.28. The van der Waals surface area contributed by atoms with Crippen molar-refractivity contribution in [3.05, 3.63) is 40.6 Å². The Bertz CT molecular complexity index is 747. The number of H-pyrrole nitrogens is 1. The molecule has 1 aromatic rings. The normalized spacial score (nSPS) is 21.0. The van der Waals surface area contributed by atoms with Crippen molar-refractivity contribution in [2.45, 2.75) is 45.4 Å². The number of rotatable bonds is 4. The fourth-order valence-corrected chi connectivity index (χ4v) is 3.14. The van der Waals surface area contributed by atoms with Crippen molar-refractivity contribution in [1.82, 2.24) is 14.9 Å². The molecule has 1 aliphatic rings. The number of carbonyl (C=O) groups excluding carboxylic acids is 1. The number of carboxylic acid groups (broad SMARTS) is 1. The van der Waals surface area contributed by atoms with Gasteiger partial charge in [-0.25, -0.2) is 4.79 Å². The maximum Gasteiger partial charge on any atom is 0.345 e. The van der Waals surface area contributed by atoms with Gasteiger partial charge in [0.15, 0.2) is 0 Å². The molecule has 1 saturated heterocycles. The van der Waals surface area contributed by atoms with Crippen LogP contribution < -0.4 is 5.69 Å². The number of nitrogens with one attached hydrogen (secondary N) is 1. The highest BCUT2D eigenvalue weighted by atomic mass is 16.4. The molecular formula is C18H25N3O4. The van der Waals surface area contributed by atoms with Crippen LogP contribution in [0, 0.1) is 5.41 Å². The molecule has 0 aromatic carbocycles. The van der Waals surface area contributed by atoms with Crippen LogP contribution in [0.3, 0.4) is 0 Å². The largest absolute Gasteiger partial charge is 0.481 e. The van der Waals surface area contributed by atoms with E-state index in [9.17, 15) is 19.5 Å². The minimum atomic E-state index is -1.02. The highest BCUT2D eigenvalue weighted by molar-refractivity contribution is 5.93. The summed E-state index contributed by atoms with van der Waals surface area (Å²) in [7, 11) is 0. The molecule has 1 aliphatic heterocycles. The average molecular weight is 347 g/mol. The van der Waals surface area contributed by atoms with Crippen LogP contribution in [0.15, 0.2) is 23.5 Å². The Morgan fingerprint density at radius 1 is 1.48 bits per heavy atom. The molecule has 7 nitrogen and oxygen atoms in total. The third kappa shape index (κ3) is 3.97. The van der Waals surface area contributed by atoms with Crippen LogP contribution in [0.2, 0.25) is 0 Å². The number of hydrogen-bond acceptors (Lipinski definition) is 4. The van der Waals surface area contributed by atoms with E-state index in [1.807, 2.05) is 20.8 Å². The van der Waals surface area contributed by atoms with E-state index >= 15 is 0 Å². The van der Waals surface area contributed by atoms with Gasteiger partial charge < -0.3 is 15.0 Å². The first-order chi connectivity index (χ1) is 11.6. The zero-order valence-electron chi connectivity index (χ0n) is 15.0. The second-order valence-corrected chi connectivity index (χ2v) is 7.64. The lowest BCUT2D eigenvalue weighted by Crippen LogP contribution is -2.50. The smallest absolute Gasteiger partial charge is 0.345 e. The molecule has 2 heterocycles. The van der Waals surface area contributed by atoms with E-state index in [2.05, 4.69) is 16.5 Å². The molecule has 2 rings (SSSR count). The monoisotopic (exact) mass is 347 g/mol. The van der Waals surface area contributed by atoms with Crippen molar-refractivity contribution < 1.29 is 14.7 Å².